The molecule has 0 spiro atoms. The molecule has 6 rings (SSSR count). The van der Waals surface area contributed by atoms with Crippen LogP contribution in [0.1, 0.15) is 22.7 Å². The number of nitrogens with zero attached hydrogens (tertiary/aromatic N) is 1. The highest BCUT2D eigenvalue weighted by Gasteiger charge is 2.23. The van der Waals surface area contributed by atoms with Crippen LogP contribution in [0, 0.1) is 0 Å². The Labute approximate surface area is 214 Å². The first-order chi connectivity index (χ1) is 18.0. The van der Waals surface area contributed by atoms with E-state index in [1.54, 1.807) is 30.3 Å². The summed E-state index contributed by atoms with van der Waals surface area (Å²) in [5.74, 6) is 1.44. The highest BCUT2D eigenvalue weighted by Crippen LogP contribution is 2.38. The van der Waals surface area contributed by atoms with Gasteiger partial charge in [-0.1, -0.05) is 30.3 Å². The summed E-state index contributed by atoms with van der Waals surface area (Å²) in [5.41, 5.74) is 4.51. The minimum atomic E-state index is -0.358. The predicted octanol–water partition coefficient (Wildman–Crippen LogP) is 6.51. The van der Waals surface area contributed by atoms with Crippen LogP contribution in [0.4, 0.5) is 11.4 Å². The third-order valence-corrected chi connectivity index (χ3v) is 6.75. The van der Waals surface area contributed by atoms with Gasteiger partial charge in [0.2, 0.25) is 0 Å². The molecule has 1 aliphatic rings. The third kappa shape index (κ3) is 4.57. The second kappa shape index (κ2) is 9.32. The van der Waals surface area contributed by atoms with Crippen LogP contribution in [0.5, 0.6) is 23.0 Å². The summed E-state index contributed by atoms with van der Waals surface area (Å²) < 4.78 is 6.04. The van der Waals surface area contributed by atoms with Gasteiger partial charge in [-0.25, -0.2) is 0 Å². The minimum Gasteiger partial charge on any atom is -0.508 e. The van der Waals surface area contributed by atoms with Crippen molar-refractivity contribution in [2.75, 3.05) is 16.9 Å². The molecule has 0 saturated carbocycles. The van der Waals surface area contributed by atoms with Crippen molar-refractivity contribution in [2.24, 2.45) is 0 Å². The minimum absolute atomic E-state index is 0.191. The summed E-state index contributed by atoms with van der Waals surface area (Å²) >= 11 is 0. The first kappa shape index (κ1) is 22.6. The zero-order valence-electron chi connectivity index (χ0n) is 20.0. The maximum absolute atomic E-state index is 11.1. The molecule has 0 amide bonds. The molecule has 0 aromatic heterocycles. The van der Waals surface area contributed by atoms with Crippen molar-refractivity contribution < 1.29 is 20.1 Å². The number of phenolic OH excluding ortho intramolecular Hbond substituents is 3. The molecular weight excluding hydrogens is 464 g/mol. The van der Waals surface area contributed by atoms with Crippen molar-refractivity contribution in [1.29, 1.82) is 0 Å². The summed E-state index contributed by atoms with van der Waals surface area (Å²) in [6.45, 7) is 1.06. The fraction of sp³-hybridized carbons (Fsp3) is 0.0968. The van der Waals surface area contributed by atoms with E-state index in [4.69, 9.17) is 4.74 Å². The van der Waals surface area contributed by atoms with E-state index in [9.17, 15) is 15.3 Å². The summed E-state index contributed by atoms with van der Waals surface area (Å²) in [5, 5.41) is 36.0. The van der Waals surface area contributed by atoms with E-state index in [0.717, 1.165) is 44.6 Å². The summed E-state index contributed by atoms with van der Waals surface area (Å²) in [7, 11) is 0. The number of aromatic hydroxyl groups is 3. The molecule has 1 aliphatic heterocycles. The summed E-state index contributed by atoms with van der Waals surface area (Å²) in [4.78, 5) is 2.10. The van der Waals surface area contributed by atoms with Crippen molar-refractivity contribution in [3.63, 3.8) is 0 Å². The molecular formula is C31H26N2O4. The maximum atomic E-state index is 11.1. The van der Waals surface area contributed by atoms with E-state index in [1.807, 2.05) is 66.7 Å². The van der Waals surface area contributed by atoms with Crippen LogP contribution < -0.4 is 15.0 Å². The van der Waals surface area contributed by atoms with Gasteiger partial charge in [0.15, 0.2) is 6.73 Å². The van der Waals surface area contributed by atoms with E-state index in [0.29, 0.717) is 13.3 Å². The smallest absolute Gasteiger partial charge is 0.161 e. The van der Waals surface area contributed by atoms with E-state index in [2.05, 4.69) is 16.3 Å². The Hall–Kier alpha value is -4.84. The van der Waals surface area contributed by atoms with Crippen molar-refractivity contribution in [2.45, 2.75) is 12.6 Å². The fourth-order valence-corrected chi connectivity index (χ4v) is 4.81. The van der Waals surface area contributed by atoms with Gasteiger partial charge in [0.25, 0.3) is 0 Å². The van der Waals surface area contributed by atoms with Gasteiger partial charge in [-0.15, -0.1) is 0 Å². The van der Waals surface area contributed by atoms with Crippen molar-refractivity contribution in [1.82, 2.24) is 0 Å². The highest BCUT2D eigenvalue weighted by atomic mass is 16.5. The average Bonchev–Trinajstić information content (AvgIpc) is 2.92. The van der Waals surface area contributed by atoms with Crippen LogP contribution >= 0.6 is 0 Å². The molecule has 1 atom stereocenters. The molecule has 184 valence electrons. The van der Waals surface area contributed by atoms with Crippen molar-refractivity contribution >= 4 is 22.1 Å². The first-order valence-electron chi connectivity index (χ1n) is 12.1. The van der Waals surface area contributed by atoms with Crippen LogP contribution in [0.3, 0.4) is 0 Å². The van der Waals surface area contributed by atoms with Gasteiger partial charge in [-0.05, 0) is 89.1 Å². The zero-order valence-corrected chi connectivity index (χ0v) is 20.0. The number of ether oxygens (including phenoxy) is 1. The monoisotopic (exact) mass is 490 g/mol. The van der Waals surface area contributed by atoms with Gasteiger partial charge in [0.1, 0.15) is 23.0 Å². The van der Waals surface area contributed by atoms with Crippen LogP contribution in [-0.4, -0.2) is 22.1 Å². The largest absolute Gasteiger partial charge is 0.508 e. The molecule has 5 aromatic carbocycles. The van der Waals surface area contributed by atoms with E-state index < -0.39 is 0 Å². The van der Waals surface area contributed by atoms with Crippen molar-refractivity contribution in [3.8, 4) is 23.0 Å². The number of rotatable bonds is 5. The third-order valence-electron chi connectivity index (χ3n) is 6.75. The molecule has 0 fully saturated rings. The van der Waals surface area contributed by atoms with E-state index in [-0.39, 0.29) is 23.3 Å². The van der Waals surface area contributed by atoms with Gasteiger partial charge in [-0.3, -0.25) is 0 Å². The Morgan fingerprint density at radius 3 is 2.14 bits per heavy atom. The number of hydrogen-bond donors (Lipinski definition) is 4. The Morgan fingerprint density at radius 2 is 1.41 bits per heavy atom. The van der Waals surface area contributed by atoms with Crippen LogP contribution in [0.25, 0.3) is 10.8 Å². The van der Waals surface area contributed by atoms with Crippen LogP contribution in [-0.2, 0) is 6.54 Å². The molecule has 6 nitrogen and oxygen atoms in total. The van der Waals surface area contributed by atoms with Gasteiger partial charge in [0.05, 0.1) is 6.04 Å². The average molecular weight is 491 g/mol. The molecule has 1 heterocycles. The van der Waals surface area contributed by atoms with Gasteiger partial charge in [-0.2, -0.15) is 0 Å². The predicted molar refractivity (Wildman–Crippen MR) is 145 cm³/mol. The Morgan fingerprint density at radius 1 is 0.730 bits per heavy atom. The molecule has 0 saturated heterocycles. The molecule has 6 heteroatoms. The second-order valence-electron chi connectivity index (χ2n) is 9.24. The number of benzene rings is 5. The molecule has 0 aliphatic carbocycles. The Kier molecular flexibility index (Phi) is 5.69. The Balaban J connectivity index is 1.40. The lowest BCUT2D eigenvalue weighted by atomic mass is 9.93. The molecule has 37 heavy (non-hydrogen) atoms. The highest BCUT2D eigenvalue weighted by molar-refractivity contribution is 5.85. The molecule has 5 aromatic rings. The molecule has 4 N–H and O–H groups in total. The lowest BCUT2D eigenvalue weighted by Crippen LogP contribution is -2.32. The molecule has 0 radical (unpaired) electrons. The lowest BCUT2D eigenvalue weighted by molar-refractivity contribution is 0.289. The standard InChI is InChI=1S/C31H26N2O4/c34-26-10-6-24(7-11-26)32-31(28-16-20-3-1-2-4-21(20)17-29(28)36)22-5-14-30-23(15-22)18-33(19-37-30)25-8-12-27(35)13-9-25/h1-17,31-32,34-36H,18-19H2. The molecule has 1 unspecified atom stereocenters. The zero-order chi connectivity index (χ0) is 25.4. The fourth-order valence-electron chi connectivity index (χ4n) is 4.81. The second-order valence-corrected chi connectivity index (χ2v) is 9.24. The number of fused-ring (bicyclic) bond motifs is 2. The molecule has 0 bridgehead atoms. The Bertz CT molecular complexity index is 1570. The number of nitrogens with one attached hydrogen (secondary N) is 1. The normalized spacial score (nSPS) is 13.6. The van der Waals surface area contributed by atoms with Crippen molar-refractivity contribution in [3.05, 3.63) is 120 Å². The number of phenols is 3. The summed E-state index contributed by atoms with van der Waals surface area (Å²) in [6.07, 6.45) is 0. The van der Waals surface area contributed by atoms with Gasteiger partial charge >= 0.3 is 0 Å². The number of anilines is 2. The number of hydrogen-bond acceptors (Lipinski definition) is 6. The SMILES string of the molecule is Oc1ccc(NC(c2ccc3c(c2)CN(c2ccc(O)cc2)CO3)c2cc3ccccc3cc2O)cc1. The van der Waals surface area contributed by atoms with Gasteiger partial charge < -0.3 is 30.3 Å². The quantitative estimate of drug-likeness (QED) is 0.210. The first-order valence-corrected chi connectivity index (χ1v) is 12.1. The van der Waals surface area contributed by atoms with Crippen LogP contribution in [0.2, 0.25) is 0 Å². The van der Waals surface area contributed by atoms with Crippen LogP contribution in [0.15, 0.2) is 103 Å². The van der Waals surface area contributed by atoms with E-state index in [1.165, 1.54) is 0 Å². The van der Waals surface area contributed by atoms with E-state index >= 15 is 0 Å². The lowest BCUT2D eigenvalue weighted by Gasteiger charge is -2.32. The summed E-state index contributed by atoms with van der Waals surface area (Å²) in [6, 6.07) is 31.5. The maximum Gasteiger partial charge on any atom is 0.161 e. The van der Waals surface area contributed by atoms with Gasteiger partial charge in [0, 0.05) is 29.0 Å². The topological polar surface area (TPSA) is 85.2 Å².